The molecule has 0 aliphatic heterocycles. The van der Waals surface area contributed by atoms with E-state index in [1.54, 1.807) is 6.07 Å². The molecule has 2 rings (SSSR count). The minimum Gasteiger partial charge on any atom is -0.506 e. The van der Waals surface area contributed by atoms with Crippen LogP contribution in [0.25, 0.3) is 0 Å². The summed E-state index contributed by atoms with van der Waals surface area (Å²) in [4.78, 5) is 4.06. The molecular weight excluding hydrogens is 231 g/mol. The van der Waals surface area contributed by atoms with Crippen molar-refractivity contribution in [1.29, 1.82) is 0 Å². The Kier molecular flexibility index (Phi) is 3.26. The van der Waals surface area contributed by atoms with E-state index in [0.29, 0.717) is 12.8 Å². The highest BCUT2D eigenvalue weighted by Crippen LogP contribution is 2.42. The molecule has 0 amide bonds. The normalized spacial score (nSPS) is 25.8. The second-order valence-electron chi connectivity index (χ2n) is 4.53. The zero-order chi connectivity index (χ0) is 12.5. The van der Waals surface area contributed by atoms with E-state index >= 15 is 0 Å². The molecule has 0 atom stereocenters. The maximum Gasteiger partial charge on any atom is 0.391 e. The molecule has 1 aliphatic rings. The maximum absolute atomic E-state index is 12.5. The SMILES string of the molecule is Oc1ccc(C2CCC(C(F)(F)F)CC2)nc1. The van der Waals surface area contributed by atoms with Crippen LogP contribution in [0.2, 0.25) is 0 Å². The summed E-state index contributed by atoms with van der Waals surface area (Å²) in [5.41, 5.74) is 0.781. The zero-order valence-corrected chi connectivity index (χ0v) is 9.24. The van der Waals surface area contributed by atoms with E-state index in [2.05, 4.69) is 4.98 Å². The zero-order valence-electron chi connectivity index (χ0n) is 9.24. The number of pyridine rings is 1. The lowest BCUT2D eigenvalue weighted by Gasteiger charge is -2.29. The van der Waals surface area contributed by atoms with Crippen molar-refractivity contribution in [1.82, 2.24) is 4.98 Å². The molecule has 0 saturated heterocycles. The average Bonchev–Trinajstić information content (AvgIpc) is 2.29. The summed E-state index contributed by atoms with van der Waals surface area (Å²) in [6, 6.07) is 3.21. The van der Waals surface area contributed by atoms with Crippen LogP contribution in [0.1, 0.15) is 37.3 Å². The van der Waals surface area contributed by atoms with Gasteiger partial charge in [-0.2, -0.15) is 13.2 Å². The maximum atomic E-state index is 12.5. The van der Waals surface area contributed by atoms with Crippen LogP contribution in [0.15, 0.2) is 18.3 Å². The largest absolute Gasteiger partial charge is 0.506 e. The molecule has 1 N–H and O–H groups in total. The predicted molar refractivity (Wildman–Crippen MR) is 56.7 cm³/mol. The Bertz CT molecular complexity index is 366. The van der Waals surface area contributed by atoms with Crippen LogP contribution < -0.4 is 0 Å². The van der Waals surface area contributed by atoms with E-state index in [4.69, 9.17) is 5.11 Å². The first kappa shape index (κ1) is 12.2. The highest BCUT2D eigenvalue weighted by molar-refractivity contribution is 5.20. The van der Waals surface area contributed by atoms with Crippen molar-refractivity contribution in [2.75, 3.05) is 0 Å². The number of rotatable bonds is 1. The number of nitrogens with zero attached hydrogens (tertiary/aromatic N) is 1. The molecule has 5 heteroatoms. The topological polar surface area (TPSA) is 33.1 Å². The summed E-state index contributed by atoms with van der Waals surface area (Å²) in [7, 11) is 0. The van der Waals surface area contributed by atoms with Gasteiger partial charge in [0.25, 0.3) is 0 Å². The fourth-order valence-corrected chi connectivity index (χ4v) is 2.36. The number of alkyl halides is 3. The van der Waals surface area contributed by atoms with E-state index in [1.807, 2.05) is 0 Å². The summed E-state index contributed by atoms with van der Waals surface area (Å²) in [5, 5.41) is 9.09. The van der Waals surface area contributed by atoms with Crippen LogP contribution in [0.5, 0.6) is 5.75 Å². The summed E-state index contributed by atoms with van der Waals surface area (Å²) >= 11 is 0. The van der Waals surface area contributed by atoms with Gasteiger partial charge in [0.15, 0.2) is 0 Å². The quantitative estimate of drug-likeness (QED) is 0.819. The van der Waals surface area contributed by atoms with Crippen LogP contribution in [-0.2, 0) is 0 Å². The van der Waals surface area contributed by atoms with Crippen molar-refractivity contribution in [3.05, 3.63) is 24.0 Å². The fourth-order valence-electron chi connectivity index (χ4n) is 2.36. The Balaban J connectivity index is 1.97. The first-order chi connectivity index (χ1) is 7.97. The van der Waals surface area contributed by atoms with Crippen molar-refractivity contribution < 1.29 is 18.3 Å². The number of aromatic nitrogens is 1. The van der Waals surface area contributed by atoms with Gasteiger partial charge in [-0.05, 0) is 37.8 Å². The van der Waals surface area contributed by atoms with E-state index in [1.165, 1.54) is 12.3 Å². The number of hydrogen-bond acceptors (Lipinski definition) is 2. The molecule has 2 nitrogen and oxygen atoms in total. The van der Waals surface area contributed by atoms with Gasteiger partial charge in [0.2, 0.25) is 0 Å². The van der Waals surface area contributed by atoms with Crippen LogP contribution in [0, 0.1) is 5.92 Å². The Morgan fingerprint density at radius 3 is 2.24 bits per heavy atom. The van der Waals surface area contributed by atoms with Gasteiger partial charge in [0.05, 0.1) is 12.1 Å². The monoisotopic (exact) mass is 245 g/mol. The first-order valence-corrected chi connectivity index (χ1v) is 5.68. The van der Waals surface area contributed by atoms with Crippen molar-refractivity contribution in [2.24, 2.45) is 5.92 Å². The van der Waals surface area contributed by atoms with Crippen molar-refractivity contribution >= 4 is 0 Å². The Morgan fingerprint density at radius 1 is 1.12 bits per heavy atom. The van der Waals surface area contributed by atoms with Crippen molar-refractivity contribution in [3.8, 4) is 5.75 Å². The number of halogens is 3. The van der Waals surface area contributed by atoms with Crippen LogP contribution in [-0.4, -0.2) is 16.3 Å². The second kappa shape index (κ2) is 4.55. The van der Waals surface area contributed by atoms with Gasteiger partial charge < -0.3 is 5.11 Å². The van der Waals surface area contributed by atoms with Gasteiger partial charge in [-0.3, -0.25) is 4.98 Å². The molecule has 0 spiro atoms. The molecule has 1 aliphatic carbocycles. The average molecular weight is 245 g/mol. The Hall–Kier alpha value is -1.26. The lowest BCUT2D eigenvalue weighted by molar-refractivity contribution is -0.182. The van der Waals surface area contributed by atoms with Crippen LogP contribution >= 0.6 is 0 Å². The van der Waals surface area contributed by atoms with Gasteiger partial charge in [-0.1, -0.05) is 0 Å². The minimum atomic E-state index is -4.06. The standard InChI is InChI=1S/C12H14F3NO/c13-12(14,15)9-3-1-8(2-4-9)11-6-5-10(17)7-16-11/h5-9,17H,1-4H2. The van der Waals surface area contributed by atoms with Crippen LogP contribution in [0.3, 0.4) is 0 Å². The third-order valence-electron chi connectivity index (χ3n) is 3.38. The molecular formula is C12H14F3NO. The molecule has 0 unspecified atom stereocenters. The molecule has 1 heterocycles. The highest BCUT2D eigenvalue weighted by Gasteiger charge is 2.41. The molecule has 1 saturated carbocycles. The van der Waals surface area contributed by atoms with Crippen molar-refractivity contribution in [2.45, 2.75) is 37.8 Å². The van der Waals surface area contributed by atoms with E-state index < -0.39 is 12.1 Å². The third-order valence-corrected chi connectivity index (χ3v) is 3.38. The van der Waals surface area contributed by atoms with E-state index in [0.717, 1.165) is 5.69 Å². The molecule has 1 fully saturated rings. The van der Waals surface area contributed by atoms with Crippen LogP contribution in [0.4, 0.5) is 13.2 Å². The smallest absolute Gasteiger partial charge is 0.391 e. The Labute approximate surface area is 97.5 Å². The lowest BCUT2D eigenvalue weighted by atomic mass is 9.80. The number of hydrogen-bond donors (Lipinski definition) is 1. The van der Waals surface area contributed by atoms with Gasteiger partial charge in [-0.25, -0.2) is 0 Å². The molecule has 0 bridgehead atoms. The summed E-state index contributed by atoms with van der Waals surface area (Å²) in [6.07, 6.45) is -1.34. The van der Waals surface area contributed by atoms with Gasteiger partial charge in [0, 0.05) is 11.6 Å². The summed E-state index contributed by atoms with van der Waals surface area (Å²) < 4.78 is 37.4. The van der Waals surface area contributed by atoms with E-state index in [9.17, 15) is 13.2 Å². The van der Waals surface area contributed by atoms with Gasteiger partial charge in [-0.15, -0.1) is 0 Å². The Morgan fingerprint density at radius 2 is 1.76 bits per heavy atom. The predicted octanol–water partition coefficient (Wildman–Crippen LogP) is 3.62. The summed E-state index contributed by atoms with van der Waals surface area (Å²) in [5.74, 6) is -0.984. The molecule has 94 valence electrons. The summed E-state index contributed by atoms with van der Waals surface area (Å²) in [6.45, 7) is 0. The second-order valence-corrected chi connectivity index (χ2v) is 4.53. The molecule has 1 aromatic rings. The fraction of sp³-hybridized carbons (Fsp3) is 0.583. The van der Waals surface area contributed by atoms with E-state index in [-0.39, 0.29) is 24.5 Å². The molecule has 17 heavy (non-hydrogen) atoms. The number of aromatic hydroxyl groups is 1. The third kappa shape index (κ3) is 2.90. The van der Waals surface area contributed by atoms with Crippen molar-refractivity contribution in [3.63, 3.8) is 0 Å². The minimum absolute atomic E-state index is 0.0812. The molecule has 0 radical (unpaired) electrons. The highest BCUT2D eigenvalue weighted by atomic mass is 19.4. The lowest BCUT2D eigenvalue weighted by Crippen LogP contribution is -2.27. The van der Waals surface area contributed by atoms with Gasteiger partial charge >= 0.3 is 6.18 Å². The first-order valence-electron chi connectivity index (χ1n) is 5.68. The molecule has 0 aromatic carbocycles. The molecule has 1 aromatic heterocycles. The van der Waals surface area contributed by atoms with Gasteiger partial charge in [0.1, 0.15) is 5.75 Å².